The number of hydrogen-bond donors (Lipinski definition) is 1. The fourth-order valence-corrected chi connectivity index (χ4v) is 4.40. The van der Waals surface area contributed by atoms with E-state index in [4.69, 9.17) is 4.74 Å². The van der Waals surface area contributed by atoms with Gasteiger partial charge in [0.15, 0.2) is 0 Å². The Kier molecular flexibility index (Phi) is 5.57. The summed E-state index contributed by atoms with van der Waals surface area (Å²) >= 11 is 0. The van der Waals surface area contributed by atoms with E-state index in [-0.39, 0.29) is 16.4 Å². The number of sulfonamides is 1. The molecule has 1 fully saturated rings. The average Bonchev–Trinajstić information content (AvgIpc) is 3.18. The second-order valence-electron chi connectivity index (χ2n) is 6.23. The molecule has 3 rings (SSSR count). The second-order valence-corrected chi connectivity index (χ2v) is 8.17. The largest absolute Gasteiger partial charge is 0.423 e. The summed E-state index contributed by atoms with van der Waals surface area (Å²) in [5.41, 5.74) is 0.738. The van der Waals surface area contributed by atoms with Crippen molar-refractivity contribution < 1.29 is 22.7 Å². The molecule has 2 aromatic carbocycles. The number of anilines is 1. The molecule has 8 heteroatoms. The van der Waals surface area contributed by atoms with Crippen molar-refractivity contribution in [3.63, 3.8) is 0 Å². The Morgan fingerprint density at radius 2 is 1.70 bits per heavy atom. The third kappa shape index (κ3) is 4.53. The first-order valence-electron chi connectivity index (χ1n) is 8.56. The summed E-state index contributed by atoms with van der Waals surface area (Å²) < 4.78 is 32.0. The number of esters is 1. The van der Waals surface area contributed by atoms with Crippen LogP contribution in [-0.4, -0.2) is 37.7 Å². The SMILES string of the molecule is CC(=O)Nc1ccc(OC(=O)c2cccc(S(=O)(=O)N3CCCC3)c2)cc1. The van der Waals surface area contributed by atoms with E-state index in [0.29, 0.717) is 24.5 Å². The van der Waals surface area contributed by atoms with Gasteiger partial charge in [-0.05, 0) is 55.3 Å². The Hall–Kier alpha value is -2.71. The van der Waals surface area contributed by atoms with Gasteiger partial charge >= 0.3 is 5.97 Å². The van der Waals surface area contributed by atoms with Gasteiger partial charge in [0.1, 0.15) is 5.75 Å². The van der Waals surface area contributed by atoms with Crippen molar-refractivity contribution in [2.24, 2.45) is 0 Å². The summed E-state index contributed by atoms with van der Waals surface area (Å²) in [5.74, 6) is -0.557. The van der Waals surface area contributed by atoms with Crippen LogP contribution in [0.25, 0.3) is 0 Å². The van der Waals surface area contributed by atoms with Gasteiger partial charge in [-0.15, -0.1) is 0 Å². The minimum atomic E-state index is -3.60. The molecule has 1 amide bonds. The van der Waals surface area contributed by atoms with E-state index in [9.17, 15) is 18.0 Å². The van der Waals surface area contributed by atoms with Crippen LogP contribution in [0.15, 0.2) is 53.4 Å². The van der Waals surface area contributed by atoms with Crippen molar-refractivity contribution >= 4 is 27.6 Å². The van der Waals surface area contributed by atoms with Crippen LogP contribution in [0.2, 0.25) is 0 Å². The normalized spacial score (nSPS) is 14.7. The third-order valence-corrected chi connectivity index (χ3v) is 6.05. The van der Waals surface area contributed by atoms with Crippen LogP contribution in [-0.2, 0) is 14.8 Å². The fraction of sp³-hybridized carbons (Fsp3) is 0.263. The Balaban J connectivity index is 1.74. The number of hydrogen-bond acceptors (Lipinski definition) is 5. The highest BCUT2D eigenvalue weighted by molar-refractivity contribution is 7.89. The van der Waals surface area contributed by atoms with Crippen molar-refractivity contribution in [1.29, 1.82) is 0 Å². The minimum absolute atomic E-state index is 0.0832. The van der Waals surface area contributed by atoms with Crippen molar-refractivity contribution in [3.8, 4) is 5.75 Å². The monoisotopic (exact) mass is 388 g/mol. The van der Waals surface area contributed by atoms with Gasteiger partial charge in [-0.1, -0.05) is 6.07 Å². The molecule has 0 atom stereocenters. The van der Waals surface area contributed by atoms with Crippen LogP contribution in [0.1, 0.15) is 30.1 Å². The lowest BCUT2D eigenvalue weighted by atomic mass is 10.2. The molecule has 7 nitrogen and oxygen atoms in total. The molecule has 1 N–H and O–H groups in total. The Morgan fingerprint density at radius 3 is 2.33 bits per heavy atom. The van der Waals surface area contributed by atoms with Crippen LogP contribution in [0, 0.1) is 0 Å². The first kappa shape index (κ1) is 19.1. The molecule has 0 bridgehead atoms. The molecule has 142 valence electrons. The lowest BCUT2D eigenvalue weighted by molar-refractivity contribution is -0.114. The van der Waals surface area contributed by atoms with Gasteiger partial charge in [-0.3, -0.25) is 4.79 Å². The molecule has 1 aliphatic rings. The summed E-state index contributed by atoms with van der Waals surface area (Å²) in [4.78, 5) is 23.5. The number of nitrogens with zero attached hydrogens (tertiary/aromatic N) is 1. The van der Waals surface area contributed by atoms with Gasteiger partial charge in [0, 0.05) is 25.7 Å². The van der Waals surface area contributed by atoms with Gasteiger partial charge in [-0.25, -0.2) is 13.2 Å². The van der Waals surface area contributed by atoms with Crippen LogP contribution in [0.4, 0.5) is 5.69 Å². The molecule has 0 radical (unpaired) electrons. The molecule has 27 heavy (non-hydrogen) atoms. The third-order valence-electron chi connectivity index (χ3n) is 4.16. The Bertz CT molecular complexity index is 948. The summed E-state index contributed by atoms with van der Waals surface area (Å²) in [6, 6.07) is 12.2. The number of ether oxygens (including phenoxy) is 1. The van der Waals surface area contributed by atoms with E-state index in [0.717, 1.165) is 12.8 Å². The smallest absolute Gasteiger partial charge is 0.343 e. The molecule has 2 aromatic rings. The Labute approximate surface area is 158 Å². The highest BCUT2D eigenvalue weighted by atomic mass is 32.2. The fourth-order valence-electron chi connectivity index (χ4n) is 2.84. The van der Waals surface area contributed by atoms with Crippen molar-refractivity contribution in [2.75, 3.05) is 18.4 Å². The number of nitrogens with one attached hydrogen (secondary N) is 1. The molecule has 0 unspecified atom stereocenters. The molecule has 0 spiro atoms. The predicted molar refractivity (Wildman–Crippen MR) is 100 cm³/mol. The van der Waals surface area contributed by atoms with Crippen LogP contribution >= 0.6 is 0 Å². The summed E-state index contributed by atoms with van der Waals surface area (Å²) in [5, 5.41) is 2.62. The summed E-state index contributed by atoms with van der Waals surface area (Å²) in [6.45, 7) is 2.40. The van der Waals surface area contributed by atoms with Gasteiger partial charge < -0.3 is 10.1 Å². The first-order valence-corrected chi connectivity index (χ1v) is 10.0. The highest BCUT2D eigenvalue weighted by Gasteiger charge is 2.27. The van der Waals surface area contributed by atoms with Gasteiger partial charge in [0.2, 0.25) is 15.9 Å². The van der Waals surface area contributed by atoms with E-state index < -0.39 is 16.0 Å². The maximum Gasteiger partial charge on any atom is 0.343 e. The first-order chi connectivity index (χ1) is 12.9. The highest BCUT2D eigenvalue weighted by Crippen LogP contribution is 2.22. The zero-order chi connectivity index (χ0) is 19.4. The number of carbonyl (C=O) groups excluding carboxylic acids is 2. The second kappa shape index (κ2) is 7.89. The van der Waals surface area contributed by atoms with Crippen molar-refractivity contribution in [1.82, 2.24) is 4.31 Å². The predicted octanol–water partition coefficient (Wildman–Crippen LogP) is 2.65. The average molecular weight is 388 g/mol. The lowest BCUT2D eigenvalue weighted by Gasteiger charge is -2.15. The molecular formula is C19H20N2O5S. The van der Waals surface area contributed by atoms with E-state index in [2.05, 4.69) is 5.32 Å². The van der Waals surface area contributed by atoms with E-state index in [1.807, 2.05) is 0 Å². The molecule has 0 aromatic heterocycles. The van der Waals surface area contributed by atoms with Crippen molar-refractivity contribution in [2.45, 2.75) is 24.7 Å². The summed E-state index contributed by atoms with van der Waals surface area (Å²) in [7, 11) is -3.60. The van der Waals surface area contributed by atoms with Crippen LogP contribution in [0.5, 0.6) is 5.75 Å². The van der Waals surface area contributed by atoms with Crippen LogP contribution in [0.3, 0.4) is 0 Å². The lowest BCUT2D eigenvalue weighted by Crippen LogP contribution is -2.28. The number of benzene rings is 2. The van der Waals surface area contributed by atoms with Gasteiger partial charge in [0.25, 0.3) is 0 Å². The molecule has 0 saturated carbocycles. The number of carbonyl (C=O) groups is 2. The van der Waals surface area contributed by atoms with Crippen LogP contribution < -0.4 is 10.1 Å². The molecule has 1 saturated heterocycles. The maximum absolute atomic E-state index is 12.6. The number of rotatable bonds is 5. The Morgan fingerprint density at radius 1 is 1.04 bits per heavy atom. The molecule has 1 aliphatic heterocycles. The quantitative estimate of drug-likeness (QED) is 0.628. The maximum atomic E-state index is 12.6. The van der Waals surface area contributed by atoms with E-state index in [1.165, 1.54) is 35.5 Å². The van der Waals surface area contributed by atoms with Crippen molar-refractivity contribution in [3.05, 3.63) is 54.1 Å². The summed E-state index contributed by atoms with van der Waals surface area (Å²) in [6.07, 6.45) is 1.69. The van der Waals surface area contributed by atoms with Gasteiger partial charge in [-0.2, -0.15) is 4.31 Å². The molecular weight excluding hydrogens is 368 g/mol. The molecule has 1 heterocycles. The van der Waals surface area contributed by atoms with E-state index in [1.54, 1.807) is 24.3 Å². The number of amides is 1. The zero-order valence-electron chi connectivity index (χ0n) is 14.8. The molecule has 0 aliphatic carbocycles. The van der Waals surface area contributed by atoms with Gasteiger partial charge in [0.05, 0.1) is 10.5 Å². The zero-order valence-corrected chi connectivity index (χ0v) is 15.7. The topological polar surface area (TPSA) is 92.8 Å². The standard InChI is InChI=1S/C19H20N2O5S/c1-14(22)20-16-7-9-17(10-8-16)26-19(23)15-5-4-6-18(13-15)27(24,25)21-11-2-3-12-21/h4-10,13H,2-3,11-12H2,1H3,(H,20,22). The minimum Gasteiger partial charge on any atom is -0.423 e. The van der Waals surface area contributed by atoms with E-state index >= 15 is 0 Å².